The highest BCUT2D eigenvalue weighted by Gasteiger charge is 2.44. The van der Waals surface area contributed by atoms with Gasteiger partial charge in [-0.25, -0.2) is 13.9 Å². The second kappa shape index (κ2) is 8.95. The molecular weight excluding hydrogens is 396 g/mol. The molecule has 0 aromatic heterocycles. The predicted octanol–water partition coefficient (Wildman–Crippen LogP) is 0.484. The van der Waals surface area contributed by atoms with Gasteiger partial charge in [-0.3, -0.25) is 14.8 Å². The minimum Gasteiger partial charge on any atom is -0.396 e. The number of hydrogen-bond donors (Lipinski definition) is 4. The van der Waals surface area contributed by atoms with Crippen LogP contribution in [0.15, 0.2) is 24.3 Å². The first kappa shape index (κ1) is 22.9. The van der Waals surface area contributed by atoms with E-state index in [9.17, 15) is 18.0 Å². The maximum atomic E-state index is 12.5. The molecule has 1 atom stereocenters. The third-order valence-electron chi connectivity index (χ3n) is 5.36. The van der Waals surface area contributed by atoms with Gasteiger partial charge in [0, 0.05) is 29.9 Å². The summed E-state index contributed by atoms with van der Waals surface area (Å²) in [4.78, 5) is 24.5. The second-order valence-corrected chi connectivity index (χ2v) is 10.4. The third kappa shape index (κ3) is 5.35. The van der Waals surface area contributed by atoms with Crippen molar-refractivity contribution < 1.29 is 28.3 Å². The SMILES string of the molecule is CC(C)([C@H](NC(=O)c1ccc(C#CC2CC(CO)C2)cc1)C(=O)NO)S(C)(=O)=O. The van der Waals surface area contributed by atoms with Crippen LogP contribution in [0.5, 0.6) is 0 Å². The molecule has 2 rings (SSSR count). The average molecular weight is 423 g/mol. The quantitative estimate of drug-likeness (QED) is 0.299. The van der Waals surface area contributed by atoms with Crippen molar-refractivity contribution in [3.05, 3.63) is 35.4 Å². The van der Waals surface area contributed by atoms with Crippen LogP contribution in [0.2, 0.25) is 0 Å². The Morgan fingerprint density at radius 2 is 1.83 bits per heavy atom. The molecule has 1 saturated carbocycles. The van der Waals surface area contributed by atoms with Gasteiger partial charge in [-0.15, -0.1) is 0 Å². The summed E-state index contributed by atoms with van der Waals surface area (Å²) in [5.74, 6) is 5.08. The van der Waals surface area contributed by atoms with Crippen LogP contribution in [0.25, 0.3) is 0 Å². The van der Waals surface area contributed by atoms with Gasteiger partial charge >= 0.3 is 0 Å². The number of hydroxylamine groups is 1. The molecule has 29 heavy (non-hydrogen) atoms. The summed E-state index contributed by atoms with van der Waals surface area (Å²) in [5, 5.41) is 20.3. The van der Waals surface area contributed by atoms with Gasteiger partial charge in [0.05, 0.1) is 4.75 Å². The molecule has 0 radical (unpaired) electrons. The van der Waals surface area contributed by atoms with Crippen molar-refractivity contribution in [2.24, 2.45) is 11.8 Å². The van der Waals surface area contributed by atoms with E-state index in [1.54, 1.807) is 12.1 Å². The largest absolute Gasteiger partial charge is 0.396 e. The van der Waals surface area contributed by atoms with E-state index in [1.165, 1.54) is 31.5 Å². The van der Waals surface area contributed by atoms with Crippen LogP contribution in [0, 0.1) is 23.7 Å². The Balaban J connectivity index is 2.11. The number of aliphatic hydroxyl groups excluding tert-OH is 1. The minimum atomic E-state index is -3.73. The van der Waals surface area contributed by atoms with Crippen LogP contribution in [0.4, 0.5) is 0 Å². The Bertz CT molecular complexity index is 922. The molecule has 1 fully saturated rings. The van der Waals surface area contributed by atoms with Crippen molar-refractivity contribution in [2.45, 2.75) is 37.5 Å². The van der Waals surface area contributed by atoms with Crippen LogP contribution in [0.1, 0.15) is 42.6 Å². The van der Waals surface area contributed by atoms with E-state index in [2.05, 4.69) is 17.2 Å². The zero-order valence-electron chi connectivity index (χ0n) is 16.6. The first-order chi connectivity index (χ1) is 13.5. The number of rotatable bonds is 6. The summed E-state index contributed by atoms with van der Waals surface area (Å²) in [6, 6.07) is 4.88. The lowest BCUT2D eigenvalue weighted by atomic mass is 9.76. The normalized spacial score (nSPS) is 19.9. The Morgan fingerprint density at radius 1 is 1.24 bits per heavy atom. The molecule has 8 nitrogen and oxygen atoms in total. The van der Waals surface area contributed by atoms with Gasteiger partial charge < -0.3 is 10.4 Å². The number of benzene rings is 1. The summed E-state index contributed by atoms with van der Waals surface area (Å²) in [6.07, 6.45) is 2.72. The van der Waals surface area contributed by atoms with Crippen LogP contribution in [-0.4, -0.2) is 54.2 Å². The maximum absolute atomic E-state index is 12.5. The topological polar surface area (TPSA) is 133 Å². The summed E-state index contributed by atoms with van der Waals surface area (Å²) < 4.78 is 22.4. The molecule has 4 N–H and O–H groups in total. The highest BCUT2D eigenvalue weighted by Crippen LogP contribution is 2.32. The van der Waals surface area contributed by atoms with E-state index >= 15 is 0 Å². The van der Waals surface area contributed by atoms with Crippen molar-refractivity contribution >= 4 is 21.7 Å². The maximum Gasteiger partial charge on any atom is 0.267 e. The standard InChI is InChI=1S/C20H26N2O6S/c1-20(2,29(3,27)28)17(19(25)22-26)21-18(24)16-8-6-13(7-9-16)4-5-14-10-15(11-14)12-23/h6-9,14-15,17,23,26H,10-12H2,1-3H3,(H,21,24)(H,22,25)/t14?,15?,17-/m1/s1. The summed E-state index contributed by atoms with van der Waals surface area (Å²) >= 11 is 0. The summed E-state index contributed by atoms with van der Waals surface area (Å²) in [6.45, 7) is 2.78. The predicted molar refractivity (Wildman–Crippen MR) is 107 cm³/mol. The smallest absolute Gasteiger partial charge is 0.267 e. The van der Waals surface area contributed by atoms with Crippen LogP contribution < -0.4 is 10.8 Å². The molecule has 1 aromatic carbocycles. The first-order valence-electron chi connectivity index (χ1n) is 9.16. The van der Waals surface area contributed by atoms with E-state index in [4.69, 9.17) is 10.3 Å². The fourth-order valence-corrected chi connectivity index (χ4v) is 3.54. The average Bonchev–Trinajstić information content (AvgIpc) is 2.63. The Hall–Kier alpha value is -2.41. The lowest BCUT2D eigenvalue weighted by Gasteiger charge is -2.31. The van der Waals surface area contributed by atoms with Gasteiger partial charge in [0.25, 0.3) is 11.8 Å². The van der Waals surface area contributed by atoms with Crippen molar-refractivity contribution in [3.63, 3.8) is 0 Å². The lowest BCUT2D eigenvalue weighted by Crippen LogP contribution is -2.60. The molecule has 0 saturated heterocycles. The molecule has 1 aromatic rings. The van der Waals surface area contributed by atoms with Gasteiger partial charge in [-0.1, -0.05) is 11.8 Å². The fraction of sp³-hybridized carbons (Fsp3) is 0.500. The highest BCUT2D eigenvalue weighted by molar-refractivity contribution is 7.92. The van der Waals surface area contributed by atoms with Gasteiger partial charge in [-0.05, 0) is 56.9 Å². The molecule has 9 heteroatoms. The molecule has 0 spiro atoms. The van der Waals surface area contributed by atoms with Gasteiger partial charge in [0.2, 0.25) is 0 Å². The van der Waals surface area contributed by atoms with E-state index in [0.717, 1.165) is 24.7 Å². The highest BCUT2D eigenvalue weighted by atomic mass is 32.2. The Kier molecular flexibility index (Phi) is 7.06. The molecule has 1 aliphatic carbocycles. The van der Waals surface area contributed by atoms with Crippen molar-refractivity contribution in [1.82, 2.24) is 10.8 Å². The zero-order chi connectivity index (χ0) is 21.8. The fourth-order valence-electron chi connectivity index (χ4n) is 2.94. The molecular formula is C20H26N2O6S. The molecule has 0 heterocycles. The van der Waals surface area contributed by atoms with Gasteiger partial charge in [0.1, 0.15) is 6.04 Å². The zero-order valence-corrected chi connectivity index (χ0v) is 17.4. The van der Waals surface area contributed by atoms with Crippen molar-refractivity contribution in [1.29, 1.82) is 0 Å². The third-order valence-corrected chi connectivity index (χ3v) is 7.51. The number of sulfone groups is 1. The van der Waals surface area contributed by atoms with E-state index < -0.39 is 32.4 Å². The molecule has 0 bridgehead atoms. The van der Waals surface area contributed by atoms with E-state index in [-0.39, 0.29) is 18.1 Å². The van der Waals surface area contributed by atoms with Crippen LogP contribution >= 0.6 is 0 Å². The number of carbonyl (C=O) groups is 2. The molecule has 1 aliphatic rings. The Labute approximate surface area is 170 Å². The second-order valence-electron chi connectivity index (χ2n) is 7.82. The molecule has 2 amide bonds. The number of nitrogens with one attached hydrogen (secondary N) is 2. The monoisotopic (exact) mass is 422 g/mol. The van der Waals surface area contributed by atoms with Crippen molar-refractivity contribution in [2.75, 3.05) is 12.9 Å². The van der Waals surface area contributed by atoms with E-state index in [1.807, 2.05) is 0 Å². The van der Waals surface area contributed by atoms with Gasteiger partial charge in [-0.2, -0.15) is 0 Å². The van der Waals surface area contributed by atoms with Crippen LogP contribution in [-0.2, 0) is 14.6 Å². The summed E-state index contributed by atoms with van der Waals surface area (Å²) in [7, 11) is -3.73. The molecule has 0 aliphatic heterocycles. The summed E-state index contributed by atoms with van der Waals surface area (Å²) in [5.41, 5.74) is 2.34. The minimum absolute atomic E-state index is 0.188. The Morgan fingerprint density at radius 3 is 2.31 bits per heavy atom. The lowest BCUT2D eigenvalue weighted by molar-refractivity contribution is -0.131. The van der Waals surface area contributed by atoms with Crippen molar-refractivity contribution in [3.8, 4) is 11.8 Å². The van der Waals surface area contributed by atoms with Crippen LogP contribution in [0.3, 0.4) is 0 Å². The van der Waals surface area contributed by atoms with Gasteiger partial charge in [0.15, 0.2) is 9.84 Å². The molecule has 158 valence electrons. The number of hydrogen-bond acceptors (Lipinski definition) is 6. The first-order valence-corrected chi connectivity index (χ1v) is 11.1. The number of aliphatic hydroxyl groups is 1. The molecule has 0 unspecified atom stereocenters. The van der Waals surface area contributed by atoms with E-state index in [0.29, 0.717) is 5.92 Å². The number of carbonyl (C=O) groups excluding carboxylic acids is 2. The number of amides is 2.